The van der Waals surface area contributed by atoms with E-state index >= 15 is 0 Å². The number of hydrogen-bond donors (Lipinski definition) is 2. The zero-order valence-electron chi connectivity index (χ0n) is 12.3. The predicted molar refractivity (Wildman–Crippen MR) is 87.0 cm³/mol. The van der Waals surface area contributed by atoms with Crippen molar-refractivity contribution in [1.82, 2.24) is 10.3 Å². The van der Waals surface area contributed by atoms with Gasteiger partial charge < -0.3 is 11.1 Å². The summed E-state index contributed by atoms with van der Waals surface area (Å²) in [6.45, 7) is 6.68. The summed E-state index contributed by atoms with van der Waals surface area (Å²) in [6, 6.07) is 11.4. The average molecular weight is 289 g/mol. The van der Waals surface area contributed by atoms with E-state index in [1.165, 1.54) is 10.4 Å². The van der Waals surface area contributed by atoms with Crippen LogP contribution in [0.4, 0.5) is 5.13 Å². The Morgan fingerprint density at radius 2 is 1.95 bits per heavy atom. The van der Waals surface area contributed by atoms with Gasteiger partial charge in [0.15, 0.2) is 5.13 Å². The molecule has 0 fully saturated rings. The first kappa shape index (κ1) is 15.0. The lowest BCUT2D eigenvalue weighted by Crippen LogP contribution is -2.35. The number of hydrogen-bond acceptors (Lipinski definition) is 4. The fraction of sp³-hybridized carbons (Fsp3) is 0.438. The molecule has 0 aliphatic heterocycles. The Kier molecular flexibility index (Phi) is 5.15. The van der Waals surface area contributed by atoms with Crippen LogP contribution < -0.4 is 11.1 Å². The molecule has 1 aromatic carbocycles. The van der Waals surface area contributed by atoms with Crippen molar-refractivity contribution in [3.63, 3.8) is 0 Å². The molecule has 3 nitrogen and oxygen atoms in total. The summed E-state index contributed by atoms with van der Waals surface area (Å²) in [5, 5.41) is 4.35. The van der Waals surface area contributed by atoms with Crippen LogP contribution >= 0.6 is 11.3 Å². The van der Waals surface area contributed by atoms with Gasteiger partial charge in [0, 0.05) is 23.2 Å². The topological polar surface area (TPSA) is 50.9 Å². The molecule has 0 bridgehead atoms. The molecule has 20 heavy (non-hydrogen) atoms. The predicted octanol–water partition coefficient (Wildman–Crippen LogP) is 3.96. The monoisotopic (exact) mass is 289 g/mol. The van der Waals surface area contributed by atoms with Crippen LogP contribution in [0.15, 0.2) is 36.5 Å². The van der Waals surface area contributed by atoms with Gasteiger partial charge in [0.1, 0.15) is 0 Å². The Bertz CT molecular complexity index is 524. The number of nitrogen functional groups attached to an aromatic ring is 1. The maximum Gasteiger partial charge on any atom is 0.180 e. The van der Waals surface area contributed by atoms with Crippen molar-refractivity contribution in [2.24, 2.45) is 0 Å². The van der Waals surface area contributed by atoms with Gasteiger partial charge in [0.25, 0.3) is 0 Å². The molecule has 1 aromatic heterocycles. The third kappa shape index (κ3) is 3.58. The fourth-order valence-corrected chi connectivity index (χ4v) is 3.21. The van der Waals surface area contributed by atoms with Gasteiger partial charge >= 0.3 is 0 Å². The van der Waals surface area contributed by atoms with Crippen LogP contribution in [0.2, 0.25) is 0 Å². The zero-order chi connectivity index (χ0) is 14.5. The van der Waals surface area contributed by atoms with E-state index in [1.807, 2.05) is 6.20 Å². The number of rotatable bonds is 6. The second-order valence-corrected chi connectivity index (χ2v) is 6.30. The first-order valence-electron chi connectivity index (χ1n) is 7.14. The normalized spacial score (nSPS) is 15.8. The van der Waals surface area contributed by atoms with Crippen molar-refractivity contribution >= 4 is 16.5 Å². The highest BCUT2D eigenvalue weighted by Gasteiger charge is 2.20. The van der Waals surface area contributed by atoms with Gasteiger partial charge in [0.05, 0.1) is 0 Å². The minimum atomic E-state index is 0.279. The summed E-state index contributed by atoms with van der Waals surface area (Å²) in [4.78, 5) is 5.33. The lowest BCUT2D eigenvalue weighted by Gasteiger charge is -2.27. The van der Waals surface area contributed by atoms with Gasteiger partial charge in [-0.25, -0.2) is 4.98 Å². The van der Waals surface area contributed by atoms with Gasteiger partial charge in [-0.15, -0.1) is 11.3 Å². The molecule has 1 heterocycles. The number of nitrogens with zero attached hydrogens (tertiary/aromatic N) is 1. The highest BCUT2D eigenvalue weighted by molar-refractivity contribution is 7.15. The molecule has 0 spiro atoms. The molecule has 0 saturated carbocycles. The maximum absolute atomic E-state index is 5.71. The lowest BCUT2D eigenvalue weighted by atomic mass is 9.91. The minimum Gasteiger partial charge on any atom is -0.375 e. The Morgan fingerprint density at radius 3 is 2.50 bits per heavy atom. The lowest BCUT2D eigenvalue weighted by molar-refractivity contribution is 0.398. The highest BCUT2D eigenvalue weighted by Crippen LogP contribution is 2.26. The van der Waals surface area contributed by atoms with Crippen LogP contribution in [0, 0.1) is 0 Å². The molecule has 4 heteroatoms. The molecule has 0 radical (unpaired) electrons. The molecule has 3 atom stereocenters. The average Bonchev–Trinajstić information content (AvgIpc) is 2.91. The summed E-state index contributed by atoms with van der Waals surface area (Å²) in [5.74, 6) is 0.480. The van der Waals surface area contributed by atoms with Crippen molar-refractivity contribution in [2.75, 3.05) is 5.73 Å². The number of aromatic nitrogens is 1. The van der Waals surface area contributed by atoms with Gasteiger partial charge in [-0.3, -0.25) is 0 Å². The number of nitrogens with two attached hydrogens (primary N) is 1. The minimum absolute atomic E-state index is 0.279. The molecule has 2 aromatic rings. The summed E-state index contributed by atoms with van der Waals surface area (Å²) in [6.07, 6.45) is 2.96. The Morgan fingerprint density at radius 1 is 1.25 bits per heavy atom. The molecule has 3 N–H and O–H groups in total. The van der Waals surface area contributed by atoms with Crippen LogP contribution in [-0.2, 0) is 0 Å². The van der Waals surface area contributed by atoms with Gasteiger partial charge in [-0.1, -0.05) is 44.2 Å². The van der Waals surface area contributed by atoms with Crippen molar-refractivity contribution in [3.8, 4) is 0 Å². The second-order valence-electron chi connectivity index (χ2n) is 5.20. The van der Waals surface area contributed by atoms with Gasteiger partial charge in [0.2, 0.25) is 0 Å². The van der Waals surface area contributed by atoms with E-state index in [2.05, 4.69) is 61.4 Å². The molecule has 108 valence electrons. The third-order valence-electron chi connectivity index (χ3n) is 3.80. The second kappa shape index (κ2) is 6.86. The van der Waals surface area contributed by atoms with E-state index in [9.17, 15) is 0 Å². The summed E-state index contributed by atoms with van der Waals surface area (Å²) in [5.41, 5.74) is 7.09. The molecular weight excluding hydrogens is 266 g/mol. The van der Waals surface area contributed by atoms with E-state index in [1.54, 1.807) is 11.3 Å². The molecule has 0 aliphatic rings. The van der Waals surface area contributed by atoms with Crippen LogP contribution in [0.3, 0.4) is 0 Å². The van der Waals surface area contributed by atoms with Crippen molar-refractivity contribution in [1.29, 1.82) is 0 Å². The molecule has 3 unspecified atom stereocenters. The molecular formula is C16H23N3S. The molecule has 0 aliphatic carbocycles. The zero-order valence-corrected chi connectivity index (χ0v) is 13.2. The summed E-state index contributed by atoms with van der Waals surface area (Å²) < 4.78 is 0. The molecule has 0 amide bonds. The number of nitrogens with one attached hydrogen (secondary N) is 1. The number of benzene rings is 1. The van der Waals surface area contributed by atoms with Gasteiger partial charge in [-0.05, 0) is 24.8 Å². The summed E-state index contributed by atoms with van der Waals surface area (Å²) >= 11 is 1.56. The fourth-order valence-electron chi connectivity index (χ4n) is 2.51. The molecule has 0 saturated heterocycles. The quantitative estimate of drug-likeness (QED) is 0.846. The van der Waals surface area contributed by atoms with Crippen LogP contribution in [0.5, 0.6) is 0 Å². The SMILES string of the molecule is CCC(NC(C)c1cnc(N)s1)C(C)c1ccccc1. The Balaban J connectivity index is 2.05. The largest absolute Gasteiger partial charge is 0.375 e. The molecule has 2 rings (SSSR count). The van der Waals surface area contributed by atoms with E-state index in [-0.39, 0.29) is 6.04 Å². The van der Waals surface area contributed by atoms with Gasteiger partial charge in [-0.2, -0.15) is 0 Å². The standard InChI is InChI=1S/C16H23N3S/c1-4-14(11(2)13-8-6-5-7-9-13)19-12(3)15-10-18-16(17)20-15/h5-12,14,19H,4H2,1-3H3,(H2,17,18). The Labute approximate surface area is 125 Å². The Hall–Kier alpha value is -1.39. The highest BCUT2D eigenvalue weighted by atomic mass is 32.1. The van der Waals surface area contributed by atoms with E-state index in [0.717, 1.165) is 6.42 Å². The van der Waals surface area contributed by atoms with Crippen LogP contribution in [0.25, 0.3) is 0 Å². The smallest absolute Gasteiger partial charge is 0.180 e. The van der Waals surface area contributed by atoms with Crippen molar-refractivity contribution in [3.05, 3.63) is 47.0 Å². The number of anilines is 1. The first-order valence-corrected chi connectivity index (χ1v) is 7.95. The van der Waals surface area contributed by atoms with E-state index < -0.39 is 0 Å². The maximum atomic E-state index is 5.71. The first-order chi connectivity index (χ1) is 9.61. The van der Waals surface area contributed by atoms with E-state index in [0.29, 0.717) is 17.1 Å². The van der Waals surface area contributed by atoms with Crippen molar-refractivity contribution < 1.29 is 0 Å². The third-order valence-corrected chi connectivity index (χ3v) is 4.81. The van der Waals surface area contributed by atoms with Crippen LogP contribution in [-0.4, -0.2) is 11.0 Å². The number of thiazole rings is 1. The van der Waals surface area contributed by atoms with Crippen LogP contribution in [0.1, 0.15) is 49.6 Å². The van der Waals surface area contributed by atoms with E-state index in [4.69, 9.17) is 5.73 Å². The summed E-state index contributed by atoms with van der Waals surface area (Å²) in [7, 11) is 0. The van der Waals surface area contributed by atoms with Crippen molar-refractivity contribution in [2.45, 2.75) is 45.2 Å².